The van der Waals surface area contributed by atoms with Crippen molar-refractivity contribution in [2.24, 2.45) is 7.05 Å². The first-order valence-electron chi connectivity index (χ1n) is 11.7. The maximum absolute atomic E-state index is 13.2. The molecule has 0 N–H and O–H groups in total. The standard InChI is InChI=1S/C29H22N6O2/c1-4-34-28(36)22(18(2)23(17-31)29(34)37)14-26-32-27-25(35(26)21-8-6-5-7-9-21)15-24(33(27)3)20-12-10-19(16-30)11-13-20/h5-15H,4H2,1-3H3/b22-14-. The highest BCUT2D eigenvalue weighted by atomic mass is 16.2. The SMILES string of the molecule is CCN1C(=O)C(C#N)=C(C)/C(=C/c2nc3c(cc(-c4ccc(C#N)cc4)n3C)n2-c2ccccc2)C1=O. The molecule has 0 fully saturated rings. The number of hydrogen-bond acceptors (Lipinski definition) is 5. The number of aromatic nitrogens is 3. The highest BCUT2D eigenvalue weighted by Crippen LogP contribution is 2.33. The molecule has 8 heteroatoms. The van der Waals surface area contributed by atoms with E-state index in [1.54, 1.807) is 32.1 Å². The first-order chi connectivity index (χ1) is 17.9. The van der Waals surface area contributed by atoms with Crippen molar-refractivity contribution in [1.29, 1.82) is 10.5 Å². The number of carbonyl (C=O) groups is 2. The molecule has 2 aromatic carbocycles. The lowest BCUT2D eigenvalue weighted by Crippen LogP contribution is -2.42. The molecule has 180 valence electrons. The molecule has 37 heavy (non-hydrogen) atoms. The molecule has 0 spiro atoms. The van der Waals surface area contributed by atoms with Gasteiger partial charge in [0, 0.05) is 24.9 Å². The number of amides is 2. The topological polar surface area (TPSA) is 108 Å². The van der Waals surface area contributed by atoms with Crippen molar-refractivity contribution >= 4 is 29.1 Å². The van der Waals surface area contributed by atoms with E-state index < -0.39 is 11.8 Å². The summed E-state index contributed by atoms with van der Waals surface area (Å²) in [6.45, 7) is 3.48. The fourth-order valence-electron chi connectivity index (χ4n) is 4.64. The minimum Gasteiger partial charge on any atom is -0.327 e. The first-order valence-corrected chi connectivity index (χ1v) is 11.7. The van der Waals surface area contributed by atoms with Crippen molar-refractivity contribution in [2.45, 2.75) is 13.8 Å². The molecule has 0 aliphatic carbocycles. The van der Waals surface area contributed by atoms with Gasteiger partial charge in [-0.1, -0.05) is 30.3 Å². The Hall–Kier alpha value is -5.21. The smallest absolute Gasteiger partial charge is 0.271 e. The van der Waals surface area contributed by atoms with E-state index in [2.05, 4.69) is 6.07 Å². The number of nitriles is 2. The highest BCUT2D eigenvalue weighted by Gasteiger charge is 2.35. The second-order valence-electron chi connectivity index (χ2n) is 8.65. The summed E-state index contributed by atoms with van der Waals surface area (Å²) >= 11 is 0. The fraction of sp³-hybridized carbons (Fsp3) is 0.138. The highest BCUT2D eigenvalue weighted by molar-refractivity contribution is 6.19. The number of fused-ring (bicyclic) bond motifs is 1. The Kier molecular flexibility index (Phi) is 5.79. The third kappa shape index (κ3) is 3.72. The normalized spacial score (nSPS) is 14.9. The summed E-state index contributed by atoms with van der Waals surface area (Å²) in [5.74, 6) is -0.522. The van der Waals surface area contributed by atoms with E-state index in [1.165, 1.54) is 0 Å². The van der Waals surface area contributed by atoms with Crippen LogP contribution in [0.2, 0.25) is 0 Å². The minimum absolute atomic E-state index is 0.0434. The number of para-hydroxylation sites is 1. The second kappa shape index (κ2) is 9.10. The maximum atomic E-state index is 13.2. The third-order valence-electron chi connectivity index (χ3n) is 6.61. The molecule has 2 amide bonds. The van der Waals surface area contributed by atoms with Crippen molar-refractivity contribution in [3.63, 3.8) is 0 Å². The van der Waals surface area contributed by atoms with Crippen molar-refractivity contribution in [2.75, 3.05) is 6.54 Å². The predicted molar refractivity (Wildman–Crippen MR) is 139 cm³/mol. The van der Waals surface area contributed by atoms with Crippen molar-refractivity contribution in [1.82, 2.24) is 19.0 Å². The van der Waals surface area contributed by atoms with Gasteiger partial charge in [-0.3, -0.25) is 19.1 Å². The Labute approximate surface area is 213 Å². The van der Waals surface area contributed by atoms with Crippen LogP contribution in [0.25, 0.3) is 34.2 Å². The van der Waals surface area contributed by atoms with Gasteiger partial charge in [-0.25, -0.2) is 4.98 Å². The van der Waals surface area contributed by atoms with E-state index in [0.29, 0.717) is 22.6 Å². The van der Waals surface area contributed by atoms with Gasteiger partial charge in [-0.2, -0.15) is 10.5 Å². The van der Waals surface area contributed by atoms with Crippen LogP contribution in [0.15, 0.2) is 77.4 Å². The average Bonchev–Trinajstić information content (AvgIpc) is 3.43. The molecule has 1 aliphatic rings. The molecule has 5 rings (SSSR count). The van der Waals surface area contributed by atoms with Crippen LogP contribution < -0.4 is 0 Å². The molecule has 3 heterocycles. The fourth-order valence-corrected chi connectivity index (χ4v) is 4.64. The van der Waals surface area contributed by atoms with Crippen LogP contribution in [-0.2, 0) is 16.6 Å². The molecule has 0 atom stereocenters. The first kappa shape index (κ1) is 23.5. The Balaban J connectivity index is 1.76. The summed E-state index contributed by atoms with van der Waals surface area (Å²) in [4.78, 5) is 31.8. The zero-order valence-electron chi connectivity index (χ0n) is 20.6. The van der Waals surface area contributed by atoms with Crippen LogP contribution in [0.3, 0.4) is 0 Å². The summed E-state index contributed by atoms with van der Waals surface area (Å²) in [5, 5.41) is 18.7. The lowest BCUT2D eigenvalue weighted by molar-refractivity contribution is -0.140. The van der Waals surface area contributed by atoms with Crippen LogP contribution in [0, 0.1) is 22.7 Å². The number of imide groups is 1. The molecule has 2 aromatic heterocycles. The number of carbonyl (C=O) groups excluding carboxylic acids is 2. The van der Waals surface area contributed by atoms with Gasteiger partial charge in [0.2, 0.25) is 0 Å². The molecule has 0 saturated carbocycles. The summed E-state index contributed by atoms with van der Waals surface area (Å²) in [6.07, 6.45) is 1.65. The monoisotopic (exact) mass is 486 g/mol. The molecule has 0 bridgehead atoms. The van der Waals surface area contributed by atoms with Gasteiger partial charge in [-0.15, -0.1) is 0 Å². The molecular weight excluding hydrogens is 464 g/mol. The third-order valence-corrected chi connectivity index (χ3v) is 6.61. The van der Waals surface area contributed by atoms with E-state index in [9.17, 15) is 14.9 Å². The van der Waals surface area contributed by atoms with Crippen LogP contribution >= 0.6 is 0 Å². The quantitative estimate of drug-likeness (QED) is 0.311. The molecule has 0 radical (unpaired) electrons. The van der Waals surface area contributed by atoms with E-state index in [4.69, 9.17) is 10.2 Å². The van der Waals surface area contributed by atoms with Gasteiger partial charge < -0.3 is 4.57 Å². The van der Waals surface area contributed by atoms with Crippen LogP contribution in [0.5, 0.6) is 0 Å². The predicted octanol–water partition coefficient (Wildman–Crippen LogP) is 4.51. The Morgan fingerprint density at radius 3 is 2.30 bits per heavy atom. The van der Waals surface area contributed by atoms with Crippen LogP contribution in [0.1, 0.15) is 25.2 Å². The molecule has 8 nitrogen and oxygen atoms in total. The molecule has 4 aromatic rings. The van der Waals surface area contributed by atoms with E-state index in [-0.39, 0.29) is 17.7 Å². The minimum atomic E-state index is -0.576. The molecule has 0 unspecified atom stereocenters. The van der Waals surface area contributed by atoms with Gasteiger partial charge in [0.15, 0.2) is 5.65 Å². The van der Waals surface area contributed by atoms with Crippen molar-refractivity contribution in [3.8, 4) is 29.1 Å². The Morgan fingerprint density at radius 2 is 1.68 bits per heavy atom. The van der Waals surface area contributed by atoms with Gasteiger partial charge in [0.05, 0.1) is 22.8 Å². The maximum Gasteiger partial charge on any atom is 0.271 e. The lowest BCUT2D eigenvalue weighted by atomic mass is 9.95. The lowest BCUT2D eigenvalue weighted by Gasteiger charge is -2.26. The van der Waals surface area contributed by atoms with E-state index >= 15 is 0 Å². The number of nitrogens with zero attached hydrogens (tertiary/aromatic N) is 6. The Morgan fingerprint density at radius 1 is 0.973 bits per heavy atom. The zero-order valence-corrected chi connectivity index (χ0v) is 20.6. The molecule has 1 aliphatic heterocycles. The van der Waals surface area contributed by atoms with Gasteiger partial charge in [0.25, 0.3) is 11.8 Å². The van der Waals surface area contributed by atoms with E-state index in [0.717, 1.165) is 27.4 Å². The number of imidazole rings is 1. The van der Waals surface area contributed by atoms with Crippen molar-refractivity contribution < 1.29 is 9.59 Å². The van der Waals surface area contributed by atoms with Gasteiger partial charge >= 0.3 is 0 Å². The van der Waals surface area contributed by atoms with E-state index in [1.807, 2.05) is 70.8 Å². The van der Waals surface area contributed by atoms with Gasteiger partial charge in [-0.05, 0) is 61.4 Å². The number of hydrogen-bond donors (Lipinski definition) is 0. The summed E-state index contributed by atoms with van der Waals surface area (Å²) in [6, 6.07) is 23.1. The van der Waals surface area contributed by atoms with Gasteiger partial charge in [0.1, 0.15) is 17.5 Å². The zero-order chi connectivity index (χ0) is 26.3. The number of aryl methyl sites for hydroxylation is 1. The summed E-state index contributed by atoms with van der Waals surface area (Å²) < 4.78 is 3.92. The summed E-state index contributed by atoms with van der Waals surface area (Å²) in [7, 11) is 1.91. The number of likely N-dealkylation sites (N-methyl/N-ethyl adjacent to an activating group) is 1. The second-order valence-corrected chi connectivity index (χ2v) is 8.65. The van der Waals surface area contributed by atoms with Crippen LogP contribution in [-0.4, -0.2) is 37.4 Å². The van der Waals surface area contributed by atoms with Crippen molar-refractivity contribution in [3.05, 3.63) is 88.8 Å². The molecule has 0 saturated heterocycles. The largest absolute Gasteiger partial charge is 0.327 e. The Bertz CT molecular complexity index is 1720. The van der Waals surface area contributed by atoms with Crippen LogP contribution in [0.4, 0.5) is 0 Å². The average molecular weight is 487 g/mol. The number of benzene rings is 2. The summed E-state index contributed by atoms with van der Waals surface area (Å²) in [5.41, 5.74) is 5.38. The number of rotatable bonds is 4. The molecular formula is C29H22N6O2.